The molecule has 2 N–H and O–H groups in total. The Bertz CT molecular complexity index is 627. The largest absolute Gasteiger partial charge is 0.395 e. The lowest BCUT2D eigenvalue weighted by atomic mass is 9.76. The molecule has 2 nitrogen and oxygen atoms in total. The molecule has 112 valence electrons. The van der Waals surface area contributed by atoms with Gasteiger partial charge in [-0.25, -0.2) is 4.39 Å². The van der Waals surface area contributed by atoms with Crippen molar-refractivity contribution in [3.63, 3.8) is 0 Å². The lowest BCUT2D eigenvalue weighted by Gasteiger charge is -2.31. The van der Waals surface area contributed by atoms with Crippen LogP contribution >= 0.6 is 23.2 Å². The lowest BCUT2D eigenvalue weighted by Crippen LogP contribution is -2.38. The van der Waals surface area contributed by atoms with Gasteiger partial charge in [0.25, 0.3) is 0 Å². The first-order chi connectivity index (χ1) is 10.0. The topological polar surface area (TPSA) is 40.5 Å². The summed E-state index contributed by atoms with van der Waals surface area (Å²) in [6.45, 7) is -0.768. The van der Waals surface area contributed by atoms with Crippen LogP contribution in [0.15, 0.2) is 42.5 Å². The predicted molar refractivity (Wildman–Crippen MR) is 82.4 cm³/mol. The third kappa shape index (κ3) is 3.38. The van der Waals surface area contributed by atoms with Crippen LogP contribution < -0.4 is 0 Å². The van der Waals surface area contributed by atoms with Crippen LogP contribution in [0.4, 0.5) is 4.39 Å². The van der Waals surface area contributed by atoms with E-state index < -0.39 is 11.2 Å². The van der Waals surface area contributed by atoms with Crippen molar-refractivity contribution in [2.75, 3.05) is 13.2 Å². The van der Waals surface area contributed by atoms with Crippen molar-refractivity contribution in [3.05, 3.63) is 69.5 Å². The van der Waals surface area contributed by atoms with E-state index in [1.165, 1.54) is 6.07 Å². The molecule has 2 aromatic rings. The van der Waals surface area contributed by atoms with Gasteiger partial charge in [-0.1, -0.05) is 47.5 Å². The summed E-state index contributed by atoms with van der Waals surface area (Å²) in [6.07, 6.45) is 0.248. The molecule has 0 atom stereocenters. The van der Waals surface area contributed by atoms with Crippen molar-refractivity contribution in [2.45, 2.75) is 11.8 Å². The van der Waals surface area contributed by atoms with Crippen LogP contribution in [0.2, 0.25) is 10.0 Å². The summed E-state index contributed by atoms with van der Waals surface area (Å²) in [5, 5.41) is 20.3. The maximum Gasteiger partial charge on any atom is 0.127 e. The second-order valence-electron chi connectivity index (χ2n) is 5.00. The Hall–Kier alpha value is -1.13. The van der Waals surface area contributed by atoms with Gasteiger partial charge < -0.3 is 10.2 Å². The van der Waals surface area contributed by atoms with Gasteiger partial charge in [0.2, 0.25) is 0 Å². The molecule has 0 saturated carbocycles. The van der Waals surface area contributed by atoms with Gasteiger partial charge in [0, 0.05) is 5.41 Å². The Balaban J connectivity index is 2.43. The van der Waals surface area contributed by atoms with E-state index in [1.807, 2.05) is 0 Å². The van der Waals surface area contributed by atoms with Crippen LogP contribution in [0, 0.1) is 5.82 Å². The molecule has 0 aromatic heterocycles. The minimum Gasteiger partial charge on any atom is -0.395 e. The molecule has 5 heteroatoms. The SMILES string of the molecule is OCC(CO)(Cc1ccc(Cl)c(Cl)c1)c1ccccc1F. The van der Waals surface area contributed by atoms with Crippen LogP contribution in [0.1, 0.15) is 11.1 Å². The summed E-state index contributed by atoms with van der Waals surface area (Å²) in [5.41, 5.74) is -0.0699. The lowest BCUT2D eigenvalue weighted by molar-refractivity contribution is 0.113. The molecule has 0 aliphatic heterocycles. The number of hydrogen-bond acceptors (Lipinski definition) is 2. The Morgan fingerprint density at radius 1 is 0.952 bits per heavy atom. The number of aliphatic hydroxyl groups is 2. The second-order valence-corrected chi connectivity index (χ2v) is 5.82. The predicted octanol–water partition coefficient (Wildman–Crippen LogP) is 3.60. The highest BCUT2D eigenvalue weighted by Crippen LogP contribution is 2.32. The normalized spacial score (nSPS) is 11.7. The molecule has 0 spiro atoms. The van der Waals surface area contributed by atoms with E-state index in [4.69, 9.17) is 23.2 Å². The maximum absolute atomic E-state index is 14.0. The summed E-state index contributed by atoms with van der Waals surface area (Å²) in [7, 11) is 0. The van der Waals surface area contributed by atoms with Gasteiger partial charge in [0.15, 0.2) is 0 Å². The molecule has 0 fully saturated rings. The first kappa shape index (κ1) is 16.2. The van der Waals surface area contributed by atoms with Crippen LogP contribution in [-0.4, -0.2) is 23.4 Å². The van der Waals surface area contributed by atoms with Crippen LogP contribution in [0.3, 0.4) is 0 Å². The average molecular weight is 329 g/mol. The number of aliphatic hydroxyl groups excluding tert-OH is 2. The first-order valence-electron chi connectivity index (χ1n) is 6.43. The molecule has 0 aliphatic rings. The fourth-order valence-electron chi connectivity index (χ4n) is 2.36. The van der Waals surface area contributed by atoms with Crippen molar-refractivity contribution in [1.29, 1.82) is 0 Å². The molecular formula is C16H15Cl2FO2. The molecule has 2 aromatic carbocycles. The first-order valence-corrected chi connectivity index (χ1v) is 7.18. The number of rotatable bonds is 5. The Kier molecular flexibility index (Phi) is 5.22. The Labute approximate surface area is 132 Å². The molecule has 0 aliphatic carbocycles. The number of halogens is 3. The van der Waals surface area contributed by atoms with Crippen molar-refractivity contribution in [2.24, 2.45) is 0 Å². The van der Waals surface area contributed by atoms with Crippen molar-refractivity contribution >= 4 is 23.2 Å². The highest BCUT2D eigenvalue weighted by molar-refractivity contribution is 6.42. The number of benzene rings is 2. The maximum atomic E-state index is 14.0. The molecule has 0 radical (unpaired) electrons. The fourth-order valence-corrected chi connectivity index (χ4v) is 2.68. The standard InChI is InChI=1S/C16H15Cl2FO2/c17-13-6-5-11(7-14(13)18)8-16(9-20,10-21)12-3-1-2-4-15(12)19/h1-7,20-21H,8-10H2. The minimum atomic E-state index is -1.11. The Morgan fingerprint density at radius 3 is 2.19 bits per heavy atom. The van der Waals surface area contributed by atoms with Gasteiger partial charge in [-0.3, -0.25) is 0 Å². The molecule has 0 heterocycles. The van der Waals surface area contributed by atoms with E-state index in [0.29, 0.717) is 10.0 Å². The summed E-state index contributed by atoms with van der Waals surface area (Å²) in [6, 6.07) is 11.2. The van der Waals surface area contributed by atoms with E-state index >= 15 is 0 Å². The van der Waals surface area contributed by atoms with E-state index in [0.717, 1.165) is 5.56 Å². The van der Waals surface area contributed by atoms with E-state index in [1.54, 1.807) is 36.4 Å². The van der Waals surface area contributed by atoms with E-state index in [2.05, 4.69) is 0 Å². The van der Waals surface area contributed by atoms with Gasteiger partial charge in [-0.05, 0) is 35.7 Å². The molecule has 0 saturated heterocycles. The van der Waals surface area contributed by atoms with E-state index in [-0.39, 0.29) is 25.2 Å². The molecule has 0 bridgehead atoms. The van der Waals surface area contributed by atoms with Gasteiger partial charge in [0.1, 0.15) is 5.82 Å². The van der Waals surface area contributed by atoms with Crippen LogP contribution in [-0.2, 0) is 11.8 Å². The van der Waals surface area contributed by atoms with Gasteiger partial charge in [-0.2, -0.15) is 0 Å². The Morgan fingerprint density at radius 2 is 1.62 bits per heavy atom. The van der Waals surface area contributed by atoms with Crippen LogP contribution in [0.5, 0.6) is 0 Å². The average Bonchev–Trinajstić information content (AvgIpc) is 2.49. The minimum absolute atomic E-state index is 0.248. The third-order valence-corrected chi connectivity index (χ3v) is 4.32. The summed E-state index contributed by atoms with van der Waals surface area (Å²) >= 11 is 11.8. The fraction of sp³-hybridized carbons (Fsp3) is 0.250. The molecule has 2 rings (SSSR count). The van der Waals surface area contributed by atoms with E-state index in [9.17, 15) is 14.6 Å². The monoisotopic (exact) mass is 328 g/mol. The molecule has 0 amide bonds. The molecule has 0 unspecified atom stereocenters. The summed E-state index contributed by atoms with van der Waals surface area (Å²) in [4.78, 5) is 0. The van der Waals surface area contributed by atoms with Crippen molar-refractivity contribution in [3.8, 4) is 0 Å². The summed E-state index contributed by atoms with van der Waals surface area (Å²) < 4.78 is 14.0. The van der Waals surface area contributed by atoms with Gasteiger partial charge in [0.05, 0.1) is 23.3 Å². The van der Waals surface area contributed by atoms with Gasteiger partial charge in [-0.15, -0.1) is 0 Å². The molecule has 21 heavy (non-hydrogen) atoms. The third-order valence-electron chi connectivity index (χ3n) is 3.58. The second kappa shape index (κ2) is 6.75. The van der Waals surface area contributed by atoms with Crippen molar-refractivity contribution < 1.29 is 14.6 Å². The van der Waals surface area contributed by atoms with Gasteiger partial charge >= 0.3 is 0 Å². The van der Waals surface area contributed by atoms with Crippen LogP contribution in [0.25, 0.3) is 0 Å². The zero-order valence-corrected chi connectivity index (χ0v) is 12.7. The quantitative estimate of drug-likeness (QED) is 0.880. The summed E-state index contributed by atoms with van der Waals surface area (Å²) in [5.74, 6) is -0.458. The van der Waals surface area contributed by atoms with Crippen molar-refractivity contribution in [1.82, 2.24) is 0 Å². The zero-order chi connectivity index (χ0) is 15.5. The highest BCUT2D eigenvalue weighted by atomic mass is 35.5. The highest BCUT2D eigenvalue weighted by Gasteiger charge is 2.34. The smallest absolute Gasteiger partial charge is 0.127 e. The molecular weight excluding hydrogens is 314 g/mol. The zero-order valence-electron chi connectivity index (χ0n) is 11.2. The number of hydrogen-bond donors (Lipinski definition) is 2.